The van der Waals surface area contributed by atoms with Crippen LogP contribution in [0.1, 0.15) is 22.3 Å². The highest BCUT2D eigenvalue weighted by Crippen LogP contribution is 2.17. The lowest BCUT2D eigenvalue weighted by Gasteiger charge is -2.13. The Labute approximate surface area is 141 Å². The van der Waals surface area contributed by atoms with E-state index in [1.807, 2.05) is 0 Å². The van der Waals surface area contributed by atoms with Gasteiger partial charge < -0.3 is 10.4 Å². The van der Waals surface area contributed by atoms with Crippen LogP contribution in [0, 0.1) is 6.92 Å². The molecule has 0 aromatic heterocycles. The Hall–Kier alpha value is -1.49. The average molecular weight is 376 g/mol. The summed E-state index contributed by atoms with van der Waals surface area (Å²) in [5.41, 5.74) is 0.345. The summed E-state index contributed by atoms with van der Waals surface area (Å²) in [5, 5.41) is 12.0. The summed E-state index contributed by atoms with van der Waals surface area (Å²) in [7, 11) is -6.82. The summed E-state index contributed by atoms with van der Waals surface area (Å²) in [6.45, 7) is 1.95. The number of hydrogen-bond donors (Lipinski definition) is 3. The van der Waals surface area contributed by atoms with Crippen LogP contribution >= 0.6 is 0 Å². The van der Waals surface area contributed by atoms with E-state index in [0.717, 1.165) is 6.07 Å². The van der Waals surface area contributed by atoms with Crippen molar-refractivity contribution >= 4 is 25.8 Å². The van der Waals surface area contributed by atoms with Gasteiger partial charge in [-0.15, -0.1) is 0 Å². The third-order valence-electron chi connectivity index (χ3n) is 3.81. The molecule has 1 aromatic carbocycles. The third-order valence-corrected chi connectivity index (χ3v) is 7.18. The van der Waals surface area contributed by atoms with Crippen LogP contribution in [0.25, 0.3) is 0 Å². The smallest absolute Gasteiger partial charge is 0.335 e. The number of rotatable bonds is 7. The number of carboxylic acids is 1. The van der Waals surface area contributed by atoms with Crippen LogP contribution in [0.2, 0.25) is 0 Å². The van der Waals surface area contributed by atoms with E-state index >= 15 is 0 Å². The van der Waals surface area contributed by atoms with E-state index < -0.39 is 25.8 Å². The van der Waals surface area contributed by atoms with Crippen molar-refractivity contribution in [1.29, 1.82) is 0 Å². The van der Waals surface area contributed by atoms with Crippen LogP contribution in [0.15, 0.2) is 23.1 Å². The Morgan fingerprint density at radius 3 is 2.62 bits per heavy atom. The monoisotopic (exact) mass is 376 g/mol. The van der Waals surface area contributed by atoms with Crippen molar-refractivity contribution in [2.24, 2.45) is 0 Å². The van der Waals surface area contributed by atoms with Crippen molar-refractivity contribution in [2.75, 3.05) is 24.6 Å². The Bertz CT molecular complexity index is 833. The molecule has 1 atom stereocenters. The maximum absolute atomic E-state index is 12.3. The van der Waals surface area contributed by atoms with Gasteiger partial charge in [-0.05, 0) is 31.0 Å². The molecule has 1 aliphatic heterocycles. The summed E-state index contributed by atoms with van der Waals surface area (Å²) in [6, 6.07) is 3.76. The van der Waals surface area contributed by atoms with Crippen molar-refractivity contribution < 1.29 is 26.7 Å². The van der Waals surface area contributed by atoms with E-state index in [0.29, 0.717) is 12.0 Å². The predicted octanol–water partition coefficient (Wildman–Crippen LogP) is -0.252. The molecule has 0 unspecified atom stereocenters. The first kappa shape index (κ1) is 18.8. The molecule has 0 spiro atoms. The molecule has 1 saturated heterocycles. The first-order valence-electron chi connectivity index (χ1n) is 7.38. The SMILES string of the molecule is Cc1ccc(C(=O)O)cc1S(=O)(=O)NCCN[C@@H]1CCS(=O)(=O)C1. The van der Waals surface area contributed by atoms with E-state index in [1.54, 1.807) is 6.92 Å². The van der Waals surface area contributed by atoms with Gasteiger partial charge in [-0.1, -0.05) is 6.07 Å². The van der Waals surface area contributed by atoms with Crippen LogP contribution in [0.3, 0.4) is 0 Å². The van der Waals surface area contributed by atoms with Crippen LogP contribution in [-0.4, -0.2) is 58.5 Å². The molecule has 0 amide bonds. The number of aryl methyl sites for hydroxylation is 1. The number of hydrogen-bond acceptors (Lipinski definition) is 6. The molecule has 1 heterocycles. The van der Waals surface area contributed by atoms with Gasteiger partial charge >= 0.3 is 5.97 Å². The van der Waals surface area contributed by atoms with Crippen molar-refractivity contribution in [2.45, 2.75) is 24.3 Å². The third kappa shape index (κ3) is 4.76. The van der Waals surface area contributed by atoms with Crippen LogP contribution in [0.5, 0.6) is 0 Å². The molecule has 0 aliphatic carbocycles. The van der Waals surface area contributed by atoms with Gasteiger partial charge in [0.05, 0.1) is 22.0 Å². The standard InChI is InChI=1S/C14H20N2O6S2/c1-10-2-3-11(14(17)18)8-13(10)24(21,22)16-6-5-15-12-4-7-23(19,20)9-12/h2-3,8,12,15-16H,4-7,9H2,1H3,(H,17,18)/t12-/m1/s1. The number of carboxylic acid groups (broad SMARTS) is 1. The number of nitrogens with one attached hydrogen (secondary N) is 2. The fourth-order valence-corrected chi connectivity index (χ4v) is 5.53. The van der Waals surface area contributed by atoms with Crippen molar-refractivity contribution in [1.82, 2.24) is 10.0 Å². The van der Waals surface area contributed by atoms with Crippen LogP contribution in [0.4, 0.5) is 0 Å². The quantitative estimate of drug-likeness (QED) is 0.559. The van der Waals surface area contributed by atoms with Gasteiger partial charge in [0.1, 0.15) is 0 Å². The Morgan fingerprint density at radius 2 is 2.04 bits per heavy atom. The lowest BCUT2D eigenvalue weighted by Crippen LogP contribution is -2.37. The molecule has 0 radical (unpaired) electrons. The maximum Gasteiger partial charge on any atom is 0.335 e. The van der Waals surface area contributed by atoms with Gasteiger partial charge in [0.15, 0.2) is 9.84 Å². The minimum absolute atomic E-state index is 0.0690. The van der Waals surface area contributed by atoms with Gasteiger partial charge in [-0.3, -0.25) is 0 Å². The van der Waals surface area contributed by atoms with E-state index in [1.165, 1.54) is 12.1 Å². The minimum atomic E-state index is -3.84. The summed E-state index contributed by atoms with van der Waals surface area (Å²) < 4.78 is 49.7. The zero-order chi connectivity index (χ0) is 18.0. The van der Waals surface area contributed by atoms with Gasteiger partial charge in [0.2, 0.25) is 10.0 Å². The number of aromatic carboxylic acids is 1. The van der Waals surface area contributed by atoms with E-state index in [2.05, 4.69) is 10.0 Å². The Kier molecular flexibility index (Phi) is 5.63. The first-order valence-corrected chi connectivity index (χ1v) is 10.7. The number of sulfone groups is 1. The van der Waals surface area contributed by atoms with Crippen molar-refractivity contribution in [3.63, 3.8) is 0 Å². The zero-order valence-corrected chi connectivity index (χ0v) is 14.8. The molecule has 1 aliphatic rings. The molecule has 0 saturated carbocycles. The van der Waals surface area contributed by atoms with Gasteiger partial charge in [0, 0.05) is 19.1 Å². The van der Waals surface area contributed by atoms with Gasteiger partial charge in [-0.2, -0.15) is 0 Å². The molecule has 1 fully saturated rings. The first-order chi connectivity index (χ1) is 11.1. The molecular formula is C14H20N2O6S2. The highest BCUT2D eigenvalue weighted by molar-refractivity contribution is 7.91. The zero-order valence-electron chi connectivity index (χ0n) is 13.1. The number of benzene rings is 1. The maximum atomic E-state index is 12.3. The second-order valence-electron chi connectivity index (χ2n) is 5.74. The molecule has 0 bridgehead atoms. The van der Waals surface area contributed by atoms with Crippen LogP contribution in [-0.2, 0) is 19.9 Å². The number of sulfonamides is 1. The molecular weight excluding hydrogens is 356 g/mol. The summed E-state index contributed by atoms with van der Waals surface area (Å²) in [6.07, 6.45) is 0.523. The summed E-state index contributed by atoms with van der Waals surface area (Å²) in [4.78, 5) is 10.9. The fraction of sp³-hybridized carbons (Fsp3) is 0.500. The predicted molar refractivity (Wildman–Crippen MR) is 88.4 cm³/mol. The molecule has 2 rings (SSSR count). The molecule has 134 valence electrons. The molecule has 1 aromatic rings. The van der Waals surface area contributed by atoms with Crippen molar-refractivity contribution in [3.05, 3.63) is 29.3 Å². The highest BCUT2D eigenvalue weighted by Gasteiger charge is 2.27. The molecule has 24 heavy (non-hydrogen) atoms. The second kappa shape index (κ2) is 7.18. The topological polar surface area (TPSA) is 130 Å². The fourth-order valence-electron chi connectivity index (χ4n) is 2.52. The highest BCUT2D eigenvalue weighted by atomic mass is 32.2. The van der Waals surface area contributed by atoms with E-state index in [-0.39, 0.29) is 41.1 Å². The van der Waals surface area contributed by atoms with Gasteiger partial charge in [-0.25, -0.2) is 26.4 Å². The lowest BCUT2D eigenvalue weighted by molar-refractivity contribution is 0.0696. The van der Waals surface area contributed by atoms with Gasteiger partial charge in [0.25, 0.3) is 0 Å². The average Bonchev–Trinajstić information content (AvgIpc) is 2.83. The molecule has 8 nitrogen and oxygen atoms in total. The largest absolute Gasteiger partial charge is 0.478 e. The second-order valence-corrected chi connectivity index (χ2v) is 9.70. The van der Waals surface area contributed by atoms with Crippen molar-refractivity contribution in [3.8, 4) is 0 Å². The Morgan fingerprint density at radius 1 is 1.33 bits per heavy atom. The lowest BCUT2D eigenvalue weighted by atomic mass is 10.1. The van der Waals surface area contributed by atoms with Crippen LogP contribution < -0.4 is 10.0 Å². The summed E-state index contributed by atoms with van der Waals surface area (Å²) >= 11 is 0. The van der Waals surface area contributed by atoms with E-state index in [9.17, 15) is 21.6 Å². The molecule has 10 heteroatoms. The molecule has 3 N–H and O–H groups in total. The summed E-state index contributed by atoms with van der Waals surface area (Å²) in [5.74, 6) is -0.979. The normalized spacial score (nSPS) is 20.1. The Balaban J connectivity index is 1.94. The minimum Gasteiger partial charge on any atom is -0.478 e. The number of carbonyl (C=O) groups is 1. The van der Waals surface area contributed by atoms with E-state index in [4.69, 9.17) is 5.11 Å².